The summed E-state index contributed by atoms with van der Waals surface area (Å²) in [4.78, 5) is 1.34. The molecule has 1 aromatic carbocycles. The van der Waals surface area contributed by atoms with E-state index in [4.69, 9.17) is 5.73 Å². The topological polar surface area (TPSA) is 26.0 Å². The predicted octanol–water partition coefficient (Wildman–Crippen LogP) is 4.17. The number of hydrogen-bond donors (Lipinski definition) is 1. The van der Waals surface area contributed by atoms with Gasteiger partial charge in [-0.2, -0.15) is 0 Å². The highest BCUT2D eigenvalue weighted by Gasteiger charge is 2.12. The van der Waals surface area contributed by atoms with Gasteiger partial charge >= 0.3 is 0 Å². The van der Waals surface area contributed by atoms with E-state index in [1.165, 1.54) is 27.1 Å². The molecule has 2 rings (SSSR count). The summed E-state index contributed by atoms with van der Waals surface area (Å²) in [6.07, 6.45) is 2.00. The average molecular weight is 259 g/mol. The fourth-order valence-electron chi connectivity index (χ4n) is 2.50. The molecule has 1 heterocycles. The number of hydrogen-bond acceptors (Lipinski definition) is 2. The van der Waals surface area contributed by atoms with Crippen LogP contribution in [0, 0.1) is 13.8 Å². The van der Waals surface area contributed by atoms with Crippen LogP contribution in [-0.4, -0.2) is 0 Å². The number of aryl methyl sites for hydroxylation is 3. The summed E-state index contributed by atoms with van der Waals surface area (Å²) >= 11 is 1.78. The Hall–Kier alpha value is -1.12. The molecular weight excluding hydrogens is 238 g/mol. The molecule has 0 aliphatic heterocycles. The van der Waals surface area contributed by atoms with Crippen LogP contribution in [0.4, 0.5) is 0 Å². The van der Waals surface area contributed by atoms with Gasteiger partial charge in [-0.15, -0.1) is 11.3 Å². The molecule has 1 aromatic heterocycles. The van der Waals surface area contributed by atoms with E-state index in [1.807, 2.05) is 0 Å². The first-order chi connectivity index (χ1) is 8.60. The molecule has 0 saturated carbocycles. The summed E-state index contributed by atoms with van der Waals surface area (Å²) in [6, 6.07) is 9.01. The Morgan fingerprint density at radius 1 is 1.17 bits per heavy atom. The monoisotopic (exact) mass is 259 g/mol. The molecular formula is C16H21NS. The van der Waals surface area contributed by atoms with Gasteiger partial charge in [0.1, 0.15) is 0 Å². The van der Waals surface area contributed by atoms with Crippen LogP contribution in [0.1, 0.15) is 40.1 Å². The normalized spacial score (nSPS) is 12.7. The Labute approximate surface area is 114 Å². The van der Waals surface area contributed by atoms with Crippen molar-refractivity contribution in [1.82, 2.24) is 0 Å². The lowest BCUT2D eigenvalue weighted by molar-refractivity contribution is 0.727. The molecule has 0 aliphatic carbocycles. The van der Waals surface area contributed by atoms with Crippen LogP contribution >= 0.6 is 11.3 Å². The number of benzene rings is 1. The van der Waals surface area contributed by atoms with Crippen LogP contribution in [0.15, 0.2) is 29.6 Å². The zero-order valence-corrected chi connectivity index (χ0v) is 12.2. The van der Waals surface area contributed by atoms with E-state index in [2.05, 4.69) is 50.4 Å². The highest BCUT2D eigenvalue weighted by atomic mass is 32.1. The molecule has 0 spiro atoms. The van der Waals surface area contributed by atoms with E-state index in [9.17, 15) is 0 Å². The Bertz CT molecular complexity index is 507. The van der Waals surface area contributed by atoms with E-state index < -0.39 is 0 Å². The second-order valence-electron chi connectivity index (χ2n) is 4.97. The SMILES string of the molecule is CCc1ccsc1C(N)Cc1cc(C)cc(C)c1. The summed E-state index contributed by atoms with van der Waals surface area (Å²) in [7, 11) is 0. The van der Waals surface area contributed by atoms with Crippen molar-refractivity contribution in [2.45, 2.75) is 39.7 Å². The quantitative estimate of drug-likeness (QED) is 0.876. The standard InChI is InChI=1S/C16H21NS/c1-4-14-5-6-18-16(14)15(17)10-13-8-11(2)7-12(3)9-13/h5-9,15H,4,10,17H2,1-3H3. The fourth-order valence-corrected chi connectivity index (χ4v) is 3.50. The minimum Gasteiger partial charge on any atom is -0.323 e. The fraction of sp³-hybridized carbons (Fsp3) is 0.375. The number of thiophene rings is 1. The molecule has 2 aromatic rings. The zero-order valence-electron chi connectivity index (χ0n) is 11.4. The summed E-state index contributed by atoms with van der Waals surface area (Å²) in [5.41, 5.74) is 11.7. The van der Waals surface area contributed by atoms with Gasteiger partial charge in [-0.05, 0) is 49.3 Å². The molecule has 96 valence electrons. The minimum atomic E-state index is 0.126. The Kier molecular flexibility index (Phi) is 4.20. The molecule has 1 atom stereocenters. The van der Waals surface area contributed by atoms with Crippen molar-refractivity contribution in [3.63, 3.8) is 0 Å². The van der Waals surface area contributed by atoms with Gasteiger partial charge in [-0.1, -0.05) is 36.2 Å². The number of nitrogens with two attached hydrogens (primary N) is 1. The van der Waals surface area contributed by atoms with Crippen LogP contribution in [0.2, 0.25) is 0 Å². The molecule has 1 unspecified atom stereocenters. The first kappa shape index (κ1) is 13.3. The van der Waals surface area contributed by atoms with Gasteiger partial charge in [-0.3, -0.25) is 0 Å². The average Bonchev–Trinajstić information content (AvgIpc) is 2.75. The first-order valence-corrected chi connectivity index (χ1v) is 7.37. The smallest absolute Gasteiger partial charge is 0.0433 e. The molecule has 18 heavy (non-hydrogen) atoms. The molecule has 2 N–H and O–H groups in total. The van der Waals surface area contributed by atoms with Gasteiger partial charge in [0.15, 0.2) is 0 Å². The van der Waals surface area contributed by atoms with Crippen molar-refractivity contribution in [1.29, 1.82) is 0 Å². The van der Waals surface area contributed by atoms with Gasteiger partial charge in [0.25, 0.3) is 0 Å². The van der Waals surface area contributed by atoms with Crippen LogP contribution in [0.3, 0.4) is 0 Å². The van der Waals surface area contributed by atoms with Crippen LogP contribution in [-0.2, 0) is 12.8 Å². The molecule has 0 bridgehead atoms. The lowest BCUT2D eigenvalue weighted by atomic mass is 9.99. The molecule has 0 radical (unpaired) electrons. The zero-order chi connectivity index (χ0) is 13.1. The molecule has 0 aliphatic rings. The summed E-state index contributed by atoms with van der Waals surface area (Å²) in [6.45, 7) is 6.48. The van der Waals surface area contributed by atoms with E-state index in [0.29, 0.717) is 0 Å². The second-order valence-corrected chi connectivity index (χ2v) is 5.92. The van der Waals surface area contributed by atoms with Crippen molar-refractivity contribution >= 4 is 11.3 Å². The van der Waals surface area contributed by atoms with Gasteiger partial charge in [-0.25, -0.2) is 0 Å². The summed E-state index contributed by atoms with van der Waals surface area (Å²) in [5.74, 6) is 0. The maximum atomic E-state index is 6.36. The van der Waals surface area contributed by atoms with Gasteiger partial charge < -0.3 is 5.73 Å². The molecule has 2 heteroatoms. The van der Waals surface area contributed by atoms with Crippen molar-refractivity contribution in [3.05, 3.63) is 56.8 Å². The van der Waals surface area contributed by atoms with E-state index in [-0.39, 0.29) is 6.04 Å². The summed E-state index contributed by atoms with van der Waals surface area (Å²) < 4.78 is 0. The Morgan fingerprint density at radius 2 is 1.83 bits per heavy atom. The lowest BCUT2D eigenvalue weighted by Gasteiger charge is -2.13. The third-order valence-electron chi connectivity index (χ3n) is 3.24. The molecule has 0 fully saturated rings. The van der Waals surface area contributed by atoms with Crippen molar-refractivity contribution in [3.8, 4) is 0 Å². The molecule has 1 nitrogen and oxygen atoms in total. The highest BCUT2D eigenvalue weighted by Crippen LogP contribution is 2.26. The summed E-state index contributed by atoms with van der Waals surface area (Å²) in [5, 5.41) is 2.15. The Balaban J connectivity index is 2.18. The van der Waals surface area contributed by atoms with E-state index in [1.54, 1.807) is 11.3 Å². The molecule has 0 saturated heterocycles. The first-order valence-electron chi connectivity index (χ1n) is 6.49. The number of rotatable bonds is 4. The van der Waals surface area contributed by atoms with E-state index >= 15 is 0 Å². The Morgan fingerprint density at radius 3 is 2.44 bits per heavy atom. The van der Waals surface area contributed by atoms with Gasteiger partial charge in [0.2, 0.25) is 0 Å². The van der Waals surface area contributed by atoms with Crippen molar-refractivity contribution in [2.24, 2.45) is 5.73 Å². The van der Waals surface area contributed by atoms with Gasteiger partial charge in [0, 0.05) is 10.9 Å². The highest BCUT2D eigenvalue weighted by molar-refractivity contribution is 7.10. The third-order valence-corrected chi connectivity index (χ3v) is 4.33. The van der Waals surface area contributed by atoms with Gasteiger partial charge in [0.05, 0.1) is 0 Å². The second kappa shape index (κ2) is 5.68. The predicted molar refractivity (Wildman–Crippen MR) is 80.2 cm³/mol. The van der Waals surface area contributed by atoms with Crippen LogP contribution < -0.4 is 5.73 Å². The van der Waals surface area contributed by atoms with Crippen molar-refractivity contribution < 1.29 is 0 Å². The van der Waals surface area contributed by atoms with Crippen LogP contribution in [0.25, 0.3) is 0 Å². The largest absolute Gasteiger partial charge is 0.323 e. The minimum absolute atomic E-state index is 0.126. The maximum absolute atomic E-state index is 6.36. The van der Waals surface area contributed by atoms with E-state index in [0.717, 1.165) is 12.8 Å². The van der Waals surface area contributed by atoms with Crippen LogP contribution in [0.5, 0.6) is 0 Å². The molecule has 0 amide bonds. The third kappa shape index (κ3) is 3.01. The lowest BCUT2D eigenvalue weighted by Crippen LogP contribution is -2.13. The van der Waals surface area contributed by atoms with Crippen molar-refractivity contribution in [2.75, 3.05) is 0 Å². The maximum Gasteiger partial charge on any atom is 0.0433 e.